The summed E-state index contributed by atoms with van der Waals surface area (Å²) in [7, 11) is 0. The standard InChI is InChI=1S/C4H6O3.Li.H/c1-3(2-5)4(6)7;;/h5H,1-2H2,(H,6,7);;/q;+1;-1. The van der Waals surface area contributed by atoms with E-state index in [4.69, 9.17) is 10.2 Å². The molecule has 0 aliphatic carbocycles. The average Bonchev–Trinajstić information content (AvgIpc) is 1.65. The maximum atomic E-state index is 9.67. The topological polar surface area (TPSA) is 57.5 Å². The first-order valence-electron chi connectivity index (χ1n) is 1.70. The zero-order valence-corrected chi connectivity index (χ0v) is 4.72. The van der Waals surface area contributed by atoms with Gasteiger partial charge >= 0.3 is 24.8 Å². The van der Waals surface area contributed by atoms with Gasteiger partial charge in [-0.15, -0.1) is 0 Å². The molecule has 2 N–H and O–H groups in total. The number of carboxylic acids is 1. The van der Waals surface area contributed by atoms with Crippen LogP contribution in [-0.2, 0) is 4.79 Å². The van der Waals surface area contributed by atoms with E-state index in [0.29, 0.717) is 0 Å². The van der Waals surface area contributed by atoms with Crippen molar-refractivity contribution in [1.82, 2.24) is 0 Å². The van der Waals surface area contributed by atoms with Crippen molar-refractivity contribution in [3.8, 4) is 0 Å². The van der Waals surface area contributed by atoms with E-state index in [-0.39, 0.29) is 25.9 Å². The number of aliphatic hydroxyl groups is 1. The van der Waals surface area contributed by atoms with Crippen LogP contribution in [0, 0.1) is 0 Å². The maximum absolute atomic E-state index is 9.67. The monoisotopic (exact) mass is 110 g/mol. The molecule has 0 radical (unpaired) electrons. The molecule has 0 amide bonds. The van der Waals surface area contributed by atoms with E-state index >= 15 is 0 Å². The minimum Gasteiger partial charge on any atom is -1.00 e. The number of hydrogen-bond acceptors (Lipinski definition) is 2. The fraction of sp³-hybridized carbons (Fsp3) is 0.250. The molecular formula is C4H7LiO3. The molecule has 0 atom stereocenters. The Balaban J connectivity index is -0.000000180. The summed E-state index contributed by atoms with van der Waals surface area (Å²) in [5.41, 5.74) is -0.181. The number of aliphatic carboxylic acids is 1. The van der Waals surface area contributed by atoms with Crippen LogP contribution in [0.15, 0.2) is 12.2 Å². The van der Waals surface area contributed by atoms with E-state index < -0.39 is 12.6 Å². The van der Waals surface area contributed by atoms with Crippen LogP contribution in [0.1, 0.15) is 1.43 Å². The summed E-state index contributed by atoms with van der Waals surface area (Å²) in [6, 6.07) is 0. The SMILES string of the molecule is C=C(CO)C(=O)O.[H-].[Li+]. The van der Waals surface area contributed by atoms with Crippen LogP contribution >= 0.6 is 0 Å². The molecule has 42 valence electrons. The third kappa shape index (κ3) is 3.94. The second-order valence-corrected chi connectivity index (χ2v) is 1.07. The predicted octanol–water partition coefficient (Wildman–Crippen LogP) is -3.26. The van der Waals surface area contributed by atoms with Gasteiger partial charge in [-0.1, -0.05) is 6.58 Å². The number of carbonyl (C=O) groups is 1. The Kier molecular flexibility index (Phi) is 6.57. The Labute approximate surface area is 60.7 Å². The van der Waals surface area contributed by atoms with Crippen LogP contribution in [0.5, 0.6) is 0 Å². The Hall–Kier alpha value is -0.233. The smallest absolute Gasteiger partial charge is 1.00 e. The molecule has 3 nitrogen and oxygen atoms in total. The van der Waals surface area contributed by atoms with Gasteiger partial charge in [0.2, 0.25) is 0 Å². The van der Waals surface area contributed by atoms with Crippen molar-refractivity contribution in [2.24, 2.45) is 0 Å². The van der Waals surface area contributed by atoms with Crippen LogP contribution in [0.2, 0.25) is 0 Å². The first kappa shape index (κ1) is 10.7. The van der Waals surface area contributed by atoms with Gasteiger partial charge in [0, 0.05) is 0 Å². The second-order valence-electron chi connectivity index (χ2n) is 1.07. The Morgan fingerprint density at radius 3 is 2.12 bits per heavy atom. The fourth-order valence-corrected chi connectivity index (χ4v) is 0.0676. The normalized spacial score (nSPS) is 7.12. The van der Waals surface area contributed by atoms with Gasteiger partial charge in [0.15, 0.2) is 0 Å². The van der Waals surface area contributed by atoms with Gasteiger partial charge in [0.05, 0.1) is 12.2 Å². The van der Waals surface area contributed by atoms with E-state index in [1.165, 1.54) is 0 Å². The van der Waals surface area contributed by atoms with Gasteiger partial charge in [-0.25, -0.2) is 4.79 Å². The van der Waals surface area contributed by atoms with Crippen molar-refractivity contribution in [1.29, 1.82) is 0 Å². The summed E-state index contributed by atoms with van der Waals surface area (Å²) in [6.45, 7) is 2.55. The molecular weight excluding hydrogens is 103 g/mol. The van der Waals surface area contributed by atoms with E-state index in [0.717, 1.165) is 0 Å². The fourth-order valence-electron chi connectivity index (χ4n) is 0.0676. The van der Waals surface area contributed by atoms with Crippen molar-refractivity contribution in [3.63, 3.8) is 0 Å². The van der Waals surface area contributed by atoms with Crippen LogP contribution in [-0.4, -0.2) is 22.8 Å². The van der Waals surface area contributed by atoms with Gasteiger partial charge in [-0.3, -0.25) is 0 Å². The Morgan fingerprint density at radius 2 is 2.12 bits per heavy atom. The Morgan fingerprint density at radius 1 is 1.75 bits per heavy atom. The molecule has 0 unspecified atom stereocenters. The van der Waals surface area contributed by atoms with Crippen LogP contribution in [0.3, 0.4) is 0 Å². The molecule has 0 aromatic heterocycles. The molecule has 0 spiro atoms. The quantitative estimate of drug-likeness (QED) is 0.290. The Bertz CT molecular complexity index is 104. The van der Waals surface area contributed by atoms with E-state index in [1.807, 2.05) is 0 Å². The molecule has 0 bridgehead atoms. The van der Waals surface area contributed by atoms with E-state index in [2.05, 4.69) is 6.58 Å². The summed E-state index contributed by atoms with van der Waals surface area (Å²) in [5, 5.41) is 15.9. The molecule has 0 aromatic rings. The number of aliphatic hydroxyl groups excluding tert-OH is 1. The molecule has 0 aromatic carbocycles. The minimum atomic E-state index is -1.15. The molecule has 0 aliphatic rings. The van der Waals surface area contributed by atoms with Gasteiger partial charge in [-0.05, 0) is 0 Å². The van der Waals surface area contributed by atoms with Crippen LogP contribution in [0.25, 0.3) is 0 Å². The molecule has 0 fully saturated rings. The first-order valence-corrected chi connectivity index (χ1v) is 1.70. The van der Waals surface area contributed by atoms with Gasteiger partial charge < -0.3 is 11.6 Å². The third-order valence-electron chi connectivity index (χ3n) is 0.493. The van der Waals surface area contributed by atoms with Gasteiger partial charge in [-0.2, -0.15) is 0 Å². The molecule has 4 heteroatoms. The summed E-state index contributed by atoms with van der Waals surface area (Å²) < 4.78 is 0. The molecule has 0 saturated carbocycles. The molecule has 0 rings (SSSR count). The molecule has 0 aliphatic heterocycles. The maximum Gasteiger partial charge on any atom is 1.00 e. The summed E-state index contributed by atoms with van der Waals surface area (Å²) >= 11 is 0. The van der Waals surface area contributed by atoms with Gasteiger partial charge in [0.1, 0.15) is 0 Å². The largest absolute Gasteiger partial charge is 1.00 e. The van der Waals surface area contributed by atoms with Crippen LogP contribution in [0.4, 0.5) is 0 Å². The van der Waals surface area contributed by atoms with Gasteiger partial charge in [0.25, 0.3) is 0 Å². The molecule has 0 saturated heterocycles. The molecule has 0 heterocycles. The van der Waals surface area contributed by atoms with Crippen molar-refractivity contribution in [2.75, 3.05) is 6.61 Å². The van der Waals surface area contributed by atoms with E-state index in [1.54, 1.807) is 0 Å². The predicted molar refractivity (Wildman–Crippen MR) is 25.0 cm³/mol. The first-order chi connectivity index (χ1) is 3.18. The zero-order chi connectivity index (χ0) is 5.86. The van der Waals surface area contributed by atoms with E-state index in [9.17, 15) is 4.79 Å². The third-order valence-corrected chi connectivity index (χ3v) is 0.493. The summed E-state index contributed by atoms with van der Waals surface area (Å²) in [6.07, 6.45) is 0. The number of hydrogen-bond donors (Lipinski definition) is 2. The molecule has 8 heavy (non-hydrogen) atoms. The van der Waals surface area contributed by atoms with Crippen molar-refractivity contribution < 1.29 is 35.3 Å². The second kappa shape index (κ2) is 4.92. The van der Waals surface area contributed by atoms with Crippen molar-refractivity contribution in [2.45, 2.75) is 0 Å². The van der Waals surface area contributed by atoms with Crippen molar-refractivity contribution >= 4 is 5.97 Å². The summed E-state index contributed by atoms with van der Waals surface area (Å²) in [5.74, 6) is -1.15. The summed E-state index contributed by atoms with van der Waals surface area (Å²) in [4.78, 5) is 9.67. The van der Waals surface area contributed by atoms with Crippen LogP contribution < -0.4 is 18.9 Å². The zero-order valence-electron chi connectivity index (χ0n) is 5.72. The number of carboxylic acid groups (broad SMARTS) is 1. The van der Waals surface area contributed by atoms with Crippen molar-refractivity contribution in [3.05, 3.63) is 12.2 Å². The number of rotatable bonds is 2. The minimum absolute atomic E-state index is 0. The average molecular weight is 110 g/mol.